The number of aromatic nitrogens is 2. The molecular weight excluding hydrogens is 446 g/mol. The molecule has 180 valence electrons. The summed E-state index contributed by atoms with van der Waals surface area (Å²) in [5.74, 6) is 0.643. The third kappa shape index (κ3) is 4.88. The Kier molecular flexibility index (Phi) is 6.97. The molecule has 1 amide bonds. The smallest absolute Gasteiger partial charge is 0.277 e. The summed E-state index contributed by atoms with van der Waals surface area (Å²) in [6, 6.07) is 9.86. The summed E-state index contributed by atoms with van der Waals surface area (Å²) in [6.45, 7) is 7.29. The highest BCUT2D eigenvalue weighted by molar-refractivity contribution is 7.17. The van der Waals surface area contributed by atoms with Crippen molar-refractivity contribution in [2.45, 2.75) is 39.0 Å². The summed E-state index contributed by atoms with van der Waals surface area (Å²) in [4.78, 5) is 35.9. The van der Waals surface area contributed by atoms with Gasteiger partial charge in [0, 0.05) is 26.2 Å². The zero-order valence-corrected chi connectivity index (χ0v) is 20.6. The minimum absolute atomic E-state index is 0.0491. The van der Waals surface area contributed by atoms with E-state index >= 15 is 0 Å². The summed E-state index contributed by atoms with van der Waals surface area (Å²) in [5, 5.41) is 5.08. The number of aryl methyl sites for hydroxylation is 1. The van der Waals surface area contributed by atoms with E-state index in [1.54, 1.807) is 4.57 Å². The molecule has 5 rings (SSSR count). The molecule has 0 unspecified atom stereocenters. The molecule has 2 aromatic heterocycles. The lowest BCUT2D eigenvalue weighted by atomic mass is 9.97. The van der Waals surface area contributed by atoms with Crippen molar-refractivity contribution in [3.8, 4) is 5.69 Å². The van der Waals surface area contributed by atoms with Crippen LogP contribution in [0.5, 0.6) is 0 Å². The summed E-state index contributed by atoms with van der Waals surface area (Å²) in [5.41, 5.74) is 2.62. The number of rotatable bonds is 6. The second-order valence-corrected chi connectivity index (χ2v) is 10.4. The second kappa shape index (κ2) is 10.3. The summed E-state index contributed by atoms with van der Waals surface area (Å²) in [7, 11) is 0. The number of hydrogen-bond acceptors (Lipinski definition) is 6. The van der Waals surface area contributed by atoms with Crippen LogP contribution in [0.15, 0.2) is 40.5 Å². The first-order chi connectivity index (χ1) is 16.6. The van der Waals surface area contributed by atoms with Gasteiger partial charge in [0.15, 0.2) is 0 Å². The van der Waals surface area contributed by atoms with E-state index in [-0.39, 0.29) is 17.4 Å². The largest absolute Gasteiger partial charge is 0.355 e. The molecule has 7 nitrogen and oxygen atoms in total. The van der Waals surface area contributed by atoms with Crippen LogP contribution in [-0.2, 0) is 4.79 Å². The van der Waals surface area contributed by atoms with Gasteiger partial charge in [0.1, 0.15) is 4.70 Å². The van der Waals surface area contributed by atoms with Crippen molar-refractivity contribution in [1.82, 2.24) is 19.8 Å². The van der Waals surface area contributed by atoms with Gasteiger partial charge in [-0.2, -0.15) is 0 Å². The lowest BCUT2D eigenvalue weighted by Gasteiger charge is -2.34. The lowest BCUT2D eigenvalue weighted by molar-refractivity contribution is -0.125. The molecule has 1 N–H and O–H groups in total. The number of nitrogens with one attached hydrogen (secondary N) is 1. The van der Waals surface area contributed by atoms with Crippen molar-refractivity contribution in [2.24, 2.45) is 5.92 Å². The van der Waals surface area contributed by atoms with Gasteiger partial charge < -0.3 is 15.1 Å². The SMILES string of the molecule is Cc1ccc(-n2c(N3CCC[C@@H](C(=O)NCCN4CCCCC4)C3)nc3ccsc3c2=O)cc1. The Labute approximate surface area is 204 Å². The number of amides is 1. The van der Waals surface area contributed by atoms with Crippen LogP contribution in [0.4, 0.5) is 5.95 Å². The monoisotopic (exact) mass is 479 g/mol. The third-order valence-electron chi connectivity index (χ3n) is 7.01. The number of carbonyl (C=O) groups excluding carboxylic acids is 1. The van der Waals surface area contributed by atoms with E-state index in [0.717, 1.165) is 55.8 Å². The number of benzene rings is 1. The number of piperidine rings is 2. The van der Waals surface area contributed by atoms with E-state index in [1.807, 2.05) is 42.6 Å². The van der Waals surface area contributed by atoms with Crippen molar-refractivity contribution in [3.05, 3.63) is 51.6 Å². The first-order valence-corrected chi connectivity index (χ1v) is 13.3. The predicted octanol–water partition coefficient (Wildman–Crippen LogP) is 3.57. The zero-order chi connectivity index (χ0) is 23.5. The number of thiophene rings is 1. The molecule has 1 aromatic carbocycles. The van der Waals surface area contributed by atoms with Gasteiger partial charge in [-0.05, 0) is 69.3 Å². The van der Waals surface area contributed by atoms with Gasteiger partial charge in [-0.1, -0.05) is 24.1 Å². The van der Waals surface area contributed by atoms with Crippen LogP contribution >= 0.6 is 11.3 Å². The molecule has 2 aliphatic heterocycles. The van der Waals surface area contributed by atoms with Crippen LogP contribution in [0.3, 0.4) is 0 Å². The summed E-state index contributed by atoms with van der Waals surface area (Å²) >= 11 is 1.43. The molecule has 34 heavy (non-hydrogen) atoms. The average molecular weight is 480 g/mol. The molecule has 4 heterocycles. The fraction of sp³-hybridized carbons (Fsp3) is 0.500. The van der Waals surface area contributed by atoms with Gasteiger partial charge in [0.25, 0.3) is 5.56 Å². The van der Waals surface area contributed by atoms with E-state index in [4.69, 9.17) is 4.98 Å². The van der Waals surface area contributed by atoms with E-state index in [2.05, 4.69) is 15.1 Å². The fourth-order valence-corrected chi connectivity index (χ4v) is 5.84. The Morgan fingerprint density at radius 3 is 2.68 bits per heavy atom. The van der Waals surface area contributed by atoms with E-state index in [1.165, 1.54) is 30.6 Å². The molecule has 0 saturated carbocycles. The summed E-state index contributed by atoms with van der Waals surface area (Å²) < 4.78 is 2.38. The molecule has 2 saturated heterocycles. The molecule has 0 bridgehead atoms. The highest BCUT2D eigenvalue weighted by atomic mass is 32.1. The van der Waals surface area contributed by atoms with Gasteiger partial charge in [0.05, 0.1) is 17.1 Å². The van der Waals surface area contributed by atoms with Crippen LogP contribution in [0.25, 0.3) is 15.9 Å². The first-order valence-electron chi connectivity index (χ1n) is 12.4. The minimum Gasteiger partial charge on any atom is -0.355 e. The molecule has 2 fully saturated rings. The van der Waals surface area contributed by atoms with Gasteiger partial charge >= 0.3 is 0 Å². The number of hydrogen-bond donors (Lipinski definition) is 1. The fourth-order valence-electron chi connectivity index (χ4n) is 5.08. The molecule has 0 aliphatic carbocycles. The first kappa shape index (κ1) is 23.1. The Balaban J connectivity index is 1.35. The van der Waals surface area contributed by atoms with Crippen molar-refractivity contribution in [3.63, 3.8) is 0 Å². The van der Waals surface area contributed by atoms with Gasteiger partial charge in [0.2, 0.25) is 11.9 Å². The normalized spacial score (nSPS) is 19.4. The standard InChI is InChI=1S/C26H33N5O2S/c1-19-7-9-21(10-8-19)31-25(33)23-22(11-17-34-23)28-26(31)30-15-5-6-20(18-30)24(32)27-12-16-29-13-3-2-4-14-29/h7-11,17,20H,2-6,12-16,18H2,1H3,(H,27,32)/t20-/m1/s1. The Morgan fingerprint density at radius 1 is 1.09 bits per heavy atom. The van der Waals surface area contributed by atoms with Crippen LogP contribution in [0, 0.1) is 12.8 Å². The van der Waals surface area contributed by atoms with Crippen molar-refractivity contribution >= 4 is 33.4 Å². The van der Waals surface area contributed by atoms with Crippen LogP contribution in [0.1, 0.15) is 37.7 Å². The third-order valence-corrected chi connectivity index (χ3v) is 7.90. The number of likely N-dealkylation sites (tertiary alicyclic amines) is 1. The molecule has 3 aromatic rings. The number of nitrogens with zero attached hydrogens (tertiary/aromatic N) is 4. The molecule has 8 heteroatoms. The molecular formula is C26H33N5O2S. The van der Waals surface area contributed by atoms with Gasteiger partial charge in [-0.3, -0.25) is 9.59 Å². The molecule has 0 spiro atoms. The lowest BCUT2D eigenvalue weighted by Crippen LogP contribution is -2.46. The topological polar surface area (TPSA) is 70.5 Å². The van der Waals surface area contributed by atoms with Crippen LogP contribution in [-0.4, -0.2) is 59.6 Å². The number of anilines is 1. The highest BCUT2D eigenvalue weighted by Gasteiger charge is 2.29. The van der Waals surface area contributed by atoms with Crippen molar-refractivity contribution < 1.29 is 4.79 Å². The quantitative estimate of drug-likeness (QED) is 0.585. The highest BCUT2D eigenvalue weighted by Crippen LogP contribution is 2.26. The maximum atomic E-state index is 13.5. The second-order valence-electron chi connectivity index (χ2n) is 9.50. The Morgan fingerprint density at radius 2 is 1.88 bits per heavy atom. The van der Waals surface area contributed by atoms with Crippen molar-refractivity contribution in [2.75, 3.05) is 44.2 Å². The van der Waals surface area contributed by atoms with Crippen LogP contribution < -0.4 is 15.8 Å². The van der Waals surface area contributed by atoms with Gasteiger partial charge in [-0.25, -0.2) is 9.55 Å². The van der Waals surface area contributed by atoms with Crippen molar-refractivity contribution in [1.29, 1.82) is 0 Å². The van der Waals surface area contributed by atoms with Crippen LogP contribution in [0.2, 0.25) is 0 Å². The molecule has 2 aliphatic rings. The minimum atomic E-state index is -0.100. The number of carbonyl (C=O) groups is 1. The Bertz CT molecular complexity index is 1200. The molecule has 1 atom stereocenters. The molecule has 0 radical (unpaired) electrons. The van der Waals surface area contributed by atoms with Gasteiger partial charge in [-0.15, -0.1) is 11.3 Å². The summed E-state index contributed by atoms with van der Waals surface area (Å²) in [6.07, 6.45) is 5.60. The Hall–Kier alpha value is -2.71. The average Bonchev–Trinajstić information content (AvgIpc) is 3.35. The van der Waals surface area contributed by atoms with E-state index in [9.17, 15) is 9.59 Å². The zero-order valence-electron chi connectivity index (χ0n) is 19.8. The number of fused-ring (bicyclic) bond motifs is 1. The maximum absolute atomic E-state index is 13.5. The van der Waals surface area contributed by atoms with E-state index < -0.39 is 0 Å². The predicted molar refractivity (Wildman–Crippen MR) is 138 cm³/mol. The van der Waals surface area contributed by atoms with E-state index in [0.29, 0.717) is 23.7 Å². The maximum Gasteiger partial charge on any atom is 0.277 e.